The molecule has 0 atom stereocenters. The highest BCUT2D eigenvalue weighted by atomic mass is 32.1. The molecule has 0 saturated carbocycles. The molecule has 0 bridgehead atoms. The molecule has 16 aromatic rings. The first-order valence-electron chi connectivity index (χ1n) is 43.2. The lowest BCUT2D eigenvalue weighted by Crippen LogP contribution is -2.60. The Hall–Kier alpha value is -10.5. The largest absolute Gasteiger partial charge is 0.310 e. The number of benzene rings is 14. The van der Waals surface area contributed by atoms with Crippen molar-refractivity contribution in [1.29, 1.82) is 0 Å². The molecular formula is C110H112BN3S. The van der Waals surface area contributed by atoms with Crippen molar-refractivity contribution in [3.05, 3.63) is 287 Å². The molecule has 14 aromatic carbocycles. The zero-order chi connectivity index (χ0) is 83.9. The van der Waals surface area contributed by atoms with Gasteiger partial charge in [0.15, 0.2) is 0 Å². The summed E-state index contributed by atoms with van der Waals surface area (Å²) in [7, 11) is 0. The molecule has 576 valence electrons. The van der Waals surface area contributed by atoms with Crippen LogP contribution in [-0.4, -0.2) is 11.3 Å². The number of para-hydroxylation sites is 1. The molecule has 0 saturated heterocycles. The van der Waals surface area contributed by atoms with Crippen molar-refractivity contribution < 1.29 is 4.11 Å². The SMILES string of the molecule is [2H]c1c([2H])c(-n2c3ccccc3c3cc4ccc5cccc6ccc(c4c56)c32)c([2H])c2c1B1c3sc4cc(C(C)(C)C)ccc4c3N(c3c(-c4cccc(C(C)(C)C)c4)cc(C(C)(C)C)cc3-c3cccc(C(C)(C)C)c3)c3cc(C(C)(C)C)cc(c31)N2c1c(-c2cccc(C(C)(C)C)c2)cc(C(C)(C)C)cc1-c1cccc(C(C)(C)C)c1. The van der Waals surface area contributed by atoms with Crippen molar-refractivity contribution in [2.24, 2.45) is 0 Å². The first-order chi connectivity index (χ1) is 55.3. The Morgan fingerprint density at radius 1 is 0.304 bits per heavy atom. The molecule has 3 nitrogen and oxygen atoms in total. The number of hydrogen-bond acceptors (Lipinski definition) is 3. The second-order valence-electron chi connectivity index (χ2n) is 41.7. The molecule has 4 heterocycles. The normalized spacial score (nSPS) is 14.2. The number of fused-ring (bicyclic) bond motifs is 10. The number of aromatic nitrogens is 1. The topological polar surface area (TPSA) is 11.4 Å². The Kier molecular flexibility index (Phi) is 16.4. The fraction of sp³-hybridized carbons (Fsp3) is 0.291. The van der Waals surface area contributed by atoms with Crippen LogP contribution in [0.4, 0.5) is 34.1 Å². The molecule has 0 N–H and O–H groups in total. The Morgan fingerprint density at radius 3 is 1.19 bits per heavy atom. The summed E-state index contributed by atoms with van der Waals surface area (Å²) >= 11 is 1.83. The quantitative estimate of drug-likeness (QED) is 0.116. The molecule has 2 aliphatic heterocycles. The lowest BCUT2D eigenvalue weighted by Gasteiger charge is -2.46. The Balaban J connectivity index is 1.09. The van der Waals surface area contributed by atoms with Crippen LogP contribution in [0.2, 0.25) is 0 Å². The molecule has 2 aromatic heterocycles. The zero-order valence-corrected chi connectivity index (χ0v) is 73.0. The molecular weight excluding hydrogens is 1410 g/mol. The minimum Gasteiger partial charge on any atom is -0.310 e. The van der Waals surface area contributed by atoms with Crippen LogP contribution < -0.4 is 25.5 Å². The third kappa shape index (κ3) is 12.6. The maximum absolute atomic E-state index is 12.3. The van der Waals surface area contributed by atoms with Crippen LogP contribution >= 0.6 is 11.3 Å². The van der Waals surface area contributed by atoms with Crippen LogP contribution in [0, 0.1) is 0 Å². The van der Waals surface area contributed by atoms with Gasteiger partial charge in [-0.1, -0.05) is 342 Å². The predicted molar refractivity (Wildman–Crippen MR) is 505 cm³/mol. The second kappa shape index (κ2) is 26.0. The maximum atomic E-state index is 12.3. The lowest BCUT2D eigenvalue weighted by atomic mass is 9.36. The van der Waals surface area contributed by atoms with E-state index in [0.29, 0.717) is 16.8 Å². The van der Waals surface area contributed by atoms with Gasteiger partial charge in [0.1, 0.15) is 0 Å². The summed E-state index contributed by atoms with van der Waals surface area (Å²) in [6, 6.07) is 86.3. The van der Waals surface area contributed by atoms with Crippen LogP contribution in [0.3, 0.4) is 0 Å². The molecule has 0 unspecified atom stereocenters. The third-order valence-corrected chi connectivity index (χ3v) is 26.4. The first-order valence-corrected chi connectivity index (χ1v) is 42.6. The van der Waals surface area contributed by atoms with Crippen LogP contribution in [-0.2, 0) is 43.3 Å². The number of anilines is 6. The highest BCUT2D eigenvalue weighted by Gasteiger charge is 2.49. The molecule has 5 heteroatoms. The number of thiophene rings is 1. The summed E-state index contributed by atoms with van der Waals surface area (Å²) in [4.78, 5) is 5.23. The third-order valence-electron chi connectivity index (χ3n) is 25.2. The summed E-state index contributed by atoms with van der Waals surface area (Å²) in [5.41, 5.74) is 25.7. The molecule has 0 amide bonds. The maximum Gasteiger partial charge on any atom is 0.264 e. The van der Waals surface area contributed by atoms with E-state index in [2.05, 4.69) is 405 Å². The van der Waals surface area contributed by atoms with Crippen molar-refractivity contribution in [1.82, 2.24) is 4.57 Å². The molecule has 115 heavy (non-hydrogen) atoms. The Morgan fingerprint density at radius 2 is 0.713 bits per heavy atom. The average molecular weight is 1520 g/mol. The Labute approximate surface area is 692 Å². The minimum atomic E-state index is -0.666. The van der Waals surface area contributed by atoms with Gasteiger partial charge in [0.25, 0.3) is 6.71 Å². The second-order valence-corrected chi connectivity index (χ2v) is 42.8. The van der Waals surface area contributed by atoms with E-state index in [9.17, 15) is 4.11 Å². The summed E-state index contributed by atoms with van der Waals surface area (Å²) in [5, 5.41) is 10.0. The van der Waals surface area contributed by atoms with Crippen molar-refractivity contribution in [3.8, 4) is 50.2 Å². The van der Waals surface area contributed by atoms with Crippen LogP contribution in [0.15, 0.2) is 243 Å². The highest BCUT2D eigenvalue weighted by Crippen LogP contribution is 2.58. The Bertz CT molecular complexity index is 6710. The fourth-order valence-corrected chi connectivity index (χ4v) is 19.7. The summed E-state index contributed by atoms with van der Waals surface area (Å²) in [6.07, 6.45) is 0. The van der Waals surface area contributed by atoms with Crippen molar-refractivity contribution in [3.63, 3.8) is 0 Å². The van der Waals surface area contributed by atoms with E-state index in [1.165, 1.54) is 44.3 Å². The van der Waals surface area contributed by atoms with Gasteiger partial charge in [-0.3, -0.25) is 0 Å². The van der Waals surface area contributed by atoms with Gasteiger partial charge in [0.05, 0.1) is 32.2 Å². The predicted octanol–water partition coefficient (Wildman–Crippen LogP) is 30.0. The molecule has 2 aliphatic rings. The van der Waals surface area contributed by atoms with E-state index < -0.39 is 12.1 Å². The van der Waals surface area contributed by atoms with Gasteiger partial charge in [0.2, 0.25) is 0 Å². The number of hydrogen-bond donors (Lipinski definition) is 0. The molecule has 0 spiro atoms. The van der Waals surface area contributed by atoms with E-state index in [1.807, 2.05) is 11.3 Å². The van der Waals surface area contributed by atoms with Crippen molar-refractivity contribution in [2.75, 3.05) is 9.80 Å². The van der Waals surface area contributed by atoms with E-state index in [1.54, 1.807) is 0 Å². The standard InChI is InChI=1S/C110H112BN3S/c1-103(2,3)72-38-28-34-67(52-72)84-57-77(108(16,17)18)58-85(68-35-29-39-73(53-68)104(4,5)6)99(84)113-91-64-80(112-90-43-26-25-42-81(90)88-56-71-45-44-65-32-27-33-66-46-49-83(98(88)112)96(71)95(65)66)48-51-89(91)111-97-92(113)61-79(110(22,23)24)62-93(97)114(101-82-50-47-76(107(13,14)15)63-94(82)115-102(101)111)100-86(69-36-30-40-74(54-69)105(7,8)9)59-78(109(19,20)21)60-87(100)70-37-31-41-75(55-70)106(10,11)12/h25-64H,1-24H3/i48D,51D,64D. The van der Waals surface area contributed by atoms with Crippen molar-refractivity contribution >= 4 is 132 Å². The summed E-state index contributed by atoms with van der Waals surface area (Å²) < 4.78 is 40.1. The van der Waals surface area contributed by atoms with Crippen molar-refractivity contribution in [2.45, 2.75) is 209 Å². The fourth-order valence-electron chi connectivity index (χ4n) is 18.3. The first kappa shape index (κ1) is 72.3. The van der Waals surface area contributed by atoms with Gasteiger partial charge >= 0.3 is 0 Å². The van der Waals surface area contributed by atoms with Gasteiger partial charge < -0.3 is 14.4 Å². The molecule has 0 aliphatic carbocycles. The van der Waals surface area contributed by atoms with Gasteiger partial charge in [-0.25, -0.2) is 0 Å². The zero-order valence-electron chi connectivity index (χ0n) is 75.2. The van der Waals surface area contributed by atoms with E-state index in [0.717, 1.165) is 148 Å². The lowest BCUT2D eigenvalue weighted by molar-refractivity contribution is 0.589. The molecule has 18 rings (SSSR count). The summed E-state index contributed by atoms with van der Waals surface area (Å²) in [6.45, 7) is 55.3. The van der Waals surface area contributed by atoms with Crippen LogP contribution in [0.25, 0.3) is 114 Å². The van der Waals surface area contributed by atoms with Gasteiger partial charge in [0, 0.05) is 76.0 Å². The van der Waals surface area contributed by atoms with Gasteiger partial charge in [-0.2, -0.15) is 0 Å². The number of nitrogens with zero attached hydrogens (tertiary/aromatic N) is 3. The van der Waals surface area contributed by atoms with Gasteiger partial charge in [-0.15, -0.1) is 11.3 Å². The minimum absolute atomic E-state index is 0.00700. The van der Waals surface area contributed by atoms with E-state index in [-0.39, 0.29) is 56.0 Å². The van der Waals surface area contributed by atoms with E-state index in [4.69, 9.17) is 0 Å². The summed E-state index contributed by atoms with van der Waals surface area (Å²) in [5.74, 6) is 0. The van der Waals surface area contributed by atoms with Crippen LogP contribution in [0.1, 0.15) is 215 Å². The number of rotatable bonds is 7. The average Bonchev–Trinajstić information content (AvgIpc) is 1.29. The van der Waals surface area contributed by atoms with Gasteiger partial charge in [-0.05, 0) is 215 Å². The monoisotopic (exact) mass is 1520 g/mol. The molecule has 0 fully saturated rings. The van der Waals surface area contributed by atoms with E-state index >= 15 is 0 Å². The highest BCUT2D eigenvalue weighted by molar-refractivity contribution is 7.33. The molecule has 0 radical (unpaired) electrons. The van der Waals surface area contributed by atoms with Crippen LogP contribution in [0.5, 0.6) is 0 Å². The smallest absolute Gasteiger partial charge is 0.264 e.